The molecule has 1 atom stereocenters. The summed E-state index contributed by atoms with van der Waals surface area (Å²) in [5.74, 6) is 0.459. The van der Waals surface area contributed by atoms with Crippen LogP contribution < -0.4 is 4.90 Å². The zero-order valence-electron chi connectivity index (χ0n) is 20.1. The maximum Gasteiger partial charge on any atom is 0.338 e. The third-order valence-corrected chi connectivity index (χ3v) is 8.58. The first-order chi connectivity index (χ1) is 16.7. The Hall–Kier alpha value is -2.53. The van der Waals surface area contributed by atoms with Gasteiger partial charge in [0.25, 0.3) is 0 Å². The molecule has 4 heterocycles. The molecule has 1 N–H and O–H groups in total. The molecule has 0 saturated carbocycles. The van der Waals surface area contributed by atoms with Gasteiger partial charge in [0.15, 0.2) is 9.84 Å². The van der Waals surface area contributed by atoms with Gasteiger partial charge in [0.1, 0.15) is 12.4 Å². The van der Waals surface area contributed by atoms with E-state index in [0.29, 0.717) is 31.8 Å². The van der Waals surface area contributed by atoms with Crippen molar-refractivity contribution in [3.05, 3.63) is 52.7 Å². The first-order valence-electron chi connectivity index (χ1n) is 11.9. The van der Waals surface area contributed by atoms with Gasteiger partial charge in [-0.15, -0.1) is 0 Å². The van der Waals surface area contributed by atoms with Gasteiger partial charge in [0.2, 0.25) is 0 Å². The van der Waals surface area contributed by atoms with Crippen molar-refractivity contribution in [2.45, 2.75) is 43.0 Å². The fourth-order valence-electron chi connectivity index (χ4n) is 5.34. The monoisotopic (exact) mass is 501 g/mol. The van der Waals surface area contributed by atoms with Crippen molar-refractivity contribution in [1.29, 1.82) is 0 Å². The minimum Gasteiger partial charge on any atom is -0.457 e. The van der Waals surface area contributed by atoms with Crippen LogP contribution in [-0.4, -0.2) is 80.6 Å². The molecular formula is C25H31N3O6S. The second kappa shape index (κ2) is 9.16. The molecule has 0 bridgehead atoms. The Morgan fingerprint density at radius 3 is 2.63 bits per heavy atom. The summed E-state index contributed by atoms with van der Waals surface area (Å²) < 4.78 is 34.8. The fraction of sp³-hybridized carbons (Fsp3) is 0.520. The lowest BCUT2D eigenvalue weighted by molar-refractivity contribution is -0.0944. The van der Waals surface area contributed by atoms with E-state index in [1.807, 2.05) is 13.0 Å². The summed E-state index contributed by atoms with van der Waals surface area (Å²) >= 11 is 0. The number of esters is 1. The molecule has 1 aromatic heterocycles. The lowest BCUT2D eigenvalue weighted by Gasteiger charge is -2.47. The molecule has 188 valence electrons. The van der Waals surface area contributed by atoms with E-state index < -0.39 is 15.9 Å². The molecule has 1 aromatic carbocycles. The summed E-state index contributed by atoms with van der Waals surface area (Å²) in [6.45, 7) is 6.33. The normalized spacial score (nSPS) is 21.1. The van der Waals surface area contributed by atoms with Crippen LogP contribution >= 0.6 is 0 Å². The molecule has 3 aliphatic heterocycles. The Bertz CT molecular complexity index is 1220. The van der Waals surface area contributed by atoms with Gasteiger partial charge in [-0.3, -0.25) is 0 Å². The SMILES string of the molecule is Cc1c(C(O)CN2CCC3(CC2)CN(c2ccc(S(C)(=O)=O)cn2)CCO3)ccc2c1COC2=O. The molecule has 0 aliphatic carbocycles. The summed E-state index contributed by atoms with van der Waals surface area (Å²) in [6, 6.07) is 6.95. The predicted molar refractivity (Wildman–Crippen MR) is 129 cm³/mol. The predicted octanol–water partition coefficient (Wildman–Crippen LogP) is 1.87. The highest BCUT2D eigenvalue weighted by Gasteiger charge is 2.40. The summed E-state index contributed by atoms with van der Waals surface area (Å²) in [7, 11) is -3.27. The van der Waals surface area contributed by atoms with Crippen LogP contribution in [0, 0.1) is 6.92 Å². The molecule has 9 nitrogen and oxygen atoms in total. The number of pyridine rings is 1. The third-order valence-electron chi connectivity index (χ3n) is 7.49. The quantitative estimate of drug-likeness (QED) is 0.614. The Morgan fingerprint density at radius 2 is 1.94 bits per heavy atom. The number of rotatable bonds is 5. The Morgan fingerprint density at radius 1 is 1.17 bits per heavy atom. The third kappa shape index (κ3) is 4.80. The van der Waals surface area contributed by atoms with Crippen LogP contribution in [0.2, 0.25) is 0 Å². The van der Waals surface area contributed by atoms with Crippen LogP contribution in [0.3, 0.4) is 0 Å². The summed E-state index contributed by atoms with van der Waals surface area (Å²) in [5, 5.41) is 11.0. The van der Waals surface area contributed by atoms with Crippen molar-refractivity contribution in [1.82, 2.24) is 9.88 Å². The number of nitrogens with zero attached hydrogens (tertiary/aromatic N) is 3. The molecule has 2 aromatic rings. The van der Waals surface area contributed by atoms with Crippen LogP contribution in [0.1, 0.15) is 46.0 Å². The molecule has 3 aliphatic rings. The van der Waals surface area contributed by atoms with Gasteiger partial charge in [-0.2, -0.15) is 0 Å². The first kappa shape index (κ1) is 24.2. The number of aromatic nitrogens is 1. The molecule has 10 heteroatoms. The molecule has 1 spiro atoms. The van der Waals surface area contributed by atoms with Crippen molar-refractivity contribution < 1.29 is 27.8 Å². The van der Waals surface area contributed by atoms with Crippen molar-refractivity contribution in [2.24, 2.45) is 0 Å². The van der Waals surface area contributed by atoms with E-state index in [-0.39, 0.29) is 23.1 Å². The number of aliphatic hydroxyl groups is 1. The molecule has 0 amide bonds. The van der Waals surface area contributed by atoms with Gasteiger partial charge in [-0.05, 0) is 49.1 Å². The average molecular weight is 502 g/mol. The van der Waals surface area contributed by atoms with Gasteiger partial charge in [-0.25, -0.2) is 18.2 Å². The lowest BCUT2D eigenvalue weighted by atomic mass is 9.88. The van der Waals surface area contributed by atoms with E-state index in [1.54, 1.807) is 18.2 Å². The number of hydrogen-bond donors (Lipinski definition) is 1. The number of sulfone groups is 1. The summed E-state index contributed by atoms with van der Waals surface area (Å²) in [6.07, 6.45) is 3.62. The number of β-amino-alcohol motifs (C(OH)–C–C–N with tert-alkyl or cyclic N) is 1. The number of anilines is 1. The van der Waals surface area contributed by atoms with Gasteiger partial charge < -0.3 is 24.4 Å². The largest absolute Gasteiger partial charge is 0.457 e. The topological polar surface area (TPSA) is 109 Å². The number of aliphatic hydroxyl groups excluding tert-OH is 1. The lowest BCUT2D eigenvalue weighted by Crippen LogP contribution is -2.57. The van der Waals surface area contributed by atoms with Gasteiger partial charge in [0, 0.05) is 50.7 Å². The maximum atomic E-state index is 11.8. The number of carbonyl (C=O) groups excluding carboxylic acids is 1. The standard InChI is InChI=1S/C25H31N3O6S/c1-17-19(4-5-20-21(17)15-33-24(20)30)22(29)14-27-9-7-25(8-10-27)16-28(11-12-34-25)23-6-3-18(13-26-23)35(2,31)32/h3-6,13,22,29H,7-12,14-16H2,1-2H3. The second-order valence-corrected chi connectivity index (χ2v) is 11.8. The Kier molecular flexibility index (Phi) is 6.33. The number of carbonyl (C=O) groups is 1. The first-order valence-corrected chi connectivity index (χ1v) is 13.8. The van der Waals surface area contributed by atoms with Crippen molar-refractivity contribution in [2.75, 3.05) is 50.5 Å². The van der Waals surface area contributed by atoms with E-state index in [0.717, 1.165) is 48.4 Å². The number of morpholine rings is 1. The van der Waals surface area contributed by atoms with E-state index in [1.165, 1.54) is 12.5 Å². The Balaban J connectivity index is 1.20. The number of ether oxygens (including phenoxy) is 2. The number of likely N-dealkylation sites (tertiary alicyclic amines) is 1. The number of fused-ring (bicyclic) bond motifs is 1. The highest BCUT2D eigenvalue weighted by Crippen LogP contribution is 2.34. The zero-order chi connectivity index (χ0) is 24.8. The van der Waals surface area contributed by atoms with Gasteiger partial charge in [0.05, 0.1) is 28.8 Å². The highest BCUT2D eigenvalue weighted by molar-refractivity contribution is 7.90. The van der Waals surface area contributed by atoms with Crippen molar-refractivity contribution in [3.8, 4) is 0 Å². The van der Waals surface area contributed by atoms with Gasteiger partial charge in [-0.1, -0.05) is 6.07 Å². The Labute approximate surface area is 205 Å². The minimum absolute atomic E-state index is 0.217. The number of piperidine rings is 1. The molecule has 2 saturated heterocycles. The molecule has 1 unspecified atom stereocenters. The van der Waals surface area contributed by atoms with Crippen molar-refractivity contribution >= 4 is 21.6 Å². The van der Waals surface area contributed by atoms with E-state index in [2.05, 4.69) is 14.8 Å². The summed E-state index contributed by atoms with van der Waals surface area (Å²) in [4.78, 5) is 20.8. The minimum atomic E-state index is -3.27. The van der Waals surface area contributed by atoms with Crippen LogP contribution in [0.5, 0.6) is 0 Å². The second-order valence-electron chi connectivity index (χ2n) is 9.78. The van der Waals surface area contributed by atoms with Crippen LogP contribution in [0.4, 0.5) is 5.82 Å². The van der Waals surface area contributed by atoms with Crippen LogP contribution in [0.15, 0.2) is 35.4 Å². The number of benzene rings is 1. The summed E-state index contributed by atoms with van der Waals surface area (Å²) in [5.41, 5.74) is 2.95. The van der Waals surface area contributed by atoms with E-state index in [4.69, 9.17) is 9.47 Å². The fourth-order valence-corrected chi connectivity index (χ4v) is 5.90. The molecule has 0 radical (unpaired) electrons. The average Bonchev–Trinajstić information content (AvgIpc) is 3.22. The van der Waals surface area contributed by atoms with Crippen molar-refractivity contribution in [3.63, 3.8) is 0 Å². The smallest absolute Gasteiger partial charge is 0.338 e. The molecule has 5 rings (SSSR count). The number of hydrogen-bond acceptors (Lipinski definition) is 9. The molecular weight excluding hydrogens is 470 g/mol. The maximum absolute atomic E-state index is 11.8. The number of cyclic esters (lactones) is 1. The van der Waals surface area contributed by atoms with Gasteiger partial charge >= 0.3 is 5.97 Å². The zero-order valence-corrected chi connectivity index (χ0v) is 20.9. The van der Waals surface area contributed by atoms with Crippen LogP contribution in [0.25, 0.3) is 0 Å². The van der Waals surface area contributed by atoms with E-state index in [9.17, 15) is 18.3 Å². The molecule has 35 heavy (non-hydrogen) atoms. The van der Waals surface area contributed by atoms with E-state index >= 15 is 0 Å². The highest BCUT2D eigenvalue weighted by atomic mass is 32.2. The van der Waals surface area contributed by atoms with Crippen LogP contribution in [-0.2, 0) is 25.9 Å². The molecule has 2 fully saturated rings.